The smallest absolute Gasteiger partial charge is 0.173 e. The Labute approximate surface area is 161 Å². The van der Waals surface area contributed by atoms with Gasteiger partial charge < -0.3 is 9.55 Å². The van der Waals surface area contributed by atoms with E-state index in [1.165, 1.54) is 43.9 Å². The molecule has 1 fully saturated rings. The molecule has 0 amide bonds. The van der Waals surface area contributed by atoms with Crippen LogP contribution in [0.5, 0.6) is 0 Å². The maximum absolute atomic E-state index is 8.12. The third-order valence-electron chi connectivity index (χ3n) is 4.91. The van der Waals surface area contributed by atoms with Crippen LogP contribution in [-0.4, -0.2) is 19.5 Å². The summed E-state index contributed by atoms with van der Waals surface area (Å²) in [6, 6.07) is 5.95. The van der Waals surface area contributed by atoms with E-state index in [1.54, 1.807) is 6.33 Å². The van der Waals surface area contributed by atoms with Gasteiger partial charge in [0, 0.05) is 16.5 Å². The second kappa shape index (κ2) is 7.45. The van der Waals surface area contributed by atoms with Gasteiger partial charge in [0.25, 0.3) is 0 Å². The van der Waals surface area contributed by atoms with Gasteiger partial charge in [-0.3, -0.25) is 5.41 Å². The van der Waals surface area contributed by atoms with Gasteiger partial charge in [0.1, 0.15) is 5.52 Å². The summed E-state index contributed by atoms with van der Waals surface area (Å²) in [5.74, 6) is 0.679. The predicted molar refractivity (Wildman–Crippen MR) is 105 cm³/mol. The second-order valence-electron chi connectivity index (χ2n) is 7.06. The maximum atomic E-state index is 8.12. The molecule has 26 heavy (non-hydrogen) atoms. The van der Waals surface area contributed by atoms with Gasteiger partial charge in [0.15, 0.2) is 16.3 Å². The molecule has 0 atom stereocenters. The van der Waals surface area contributed by atoms with Crippen molar-refractivity contribution in [1.29, 1.82) is 5.41 Å². The van der Waals surface area contributed by atoms with Gasteiger partial charge in [0.2, 0.25) is 0 Å². The van der Waals surface area contributed by atoms with Gasteiger partial charge >= 0.3 is 0 Å². The van der Waals surface area contributed by atoms with Gasteiger partial charge in [-0.2, -0.15) is 0 Å². The van der Waals surface area contributed by atoms with Gasteiger partial charge in [-0.05, 0) is 49.4 Å². The van der Waals surface area contributed by atoms with Crippen molar-refractivity contribution in [3.8, 4) is 0 Å². The Morgan fingerprint density at radius 2 is 2.08 bits per heavy atom. The molecule has 2 N–H and O–H groups in total. The number of aromatic nitrogens is 4. The van der Waals surface area contributed by atoms with E-state index in [1.807, 2.05) is 19.1 Å². The molecular formula is C19H22ClN5S. The summed E-state index contributed by atoms with van der Waals surface area (Å²) in [5.41, 5.74) is 2.87. The fraction of sp³-hybridized carbons (Fsp3) is 0.421. The number of aromatic amines is 1. The minimum absolute atomic E-state index is 0.238. The first-order valence-electron chi connectivity index (χ1n) is 9.03. The molecule has 0 aliphatic heterocycles. The first-order valence-corrected chi connectivity index (χ1v) is 10.2. The summed E-state index contributed by atoms with van der Waals surface area (Å²) in [6.07, 6.45) is 8.28. The topological polar surface area (TPSA) is 70.3 Å². The van der Waals surface area contributed by atoms with Gasteiger partial charge in [-0.15, -0.1) is 0 Å². The van der Waals surface area contributed by atoms with Gasteiger partial charge in [0.05, 0.1) is 6.33 Å². The predicted octanol–water partition coefficient (Wildman–Crippen LogP) is 4.93. The molecule has 7 heteroatoms. The number of aryl methyl sites for hydroxylation is 1. The van der Waals surface area contributed by atoms with Crippen molar-refractivity contribution in [2.75, 3.05) is 0 Å². The van der Waals surface area contributed by atoms with Crippen molar-refractivity contribution in [3.63, 3.8) is 0 Å². The van der Waals surface area contributed by atoms with Crippen LogP contribution in [0, 0.1) is 18.3 Å². The third kappa shape index (κ3) is 3.81. The van der Waals surface area contributed by atoms with E-state index in [4.69, 9.17) is 22.0 Å². The average molecular weight is 388 g/mol. The lowest BCUT2D eigenvalue weighted by molar-refractivity contribution is 0.320. The molecule has 4 rings (SSSR count). The highest BCUT2D eigenvalue weighted by Crippen LogP contribution is 2.30. The minimum atomic E-state index is 0.238. The van der Waals surface area contributed by atoms with E-state index in [0.29, 0.717) is 11.4 Å². The second-order valence-corrected chi connectivity index (χ2v) is 8.56. The Kier molecular flexibility index (Phi) is 5.05. The standard InChI is InChI=1S/C19H22ClN5S/c1-12-7-14(20)9-15(8-12)26-19-23-16-17(21)22-11-25(18(16)24-19)10-13-5-3-2-4-6-13/h7-9,11,13,21H,2-6,10H2,1H3,(H,23,24). The van der Waals surface area contributed by atoms with Crippen molar-refractivity contribution >= 4 is 34.5 Å². The van der Waals surface area contributed by atoms with E-state index in [0.717, 1.165) is 32.8 Å². The molecule has 1 saturated carbocycles. The zero-order valence-corrected chi connectivity index (χ0v) is 16.3. The van der Waals surface area contributed by atoms with Crippen molar-refractivity contribution in [3.05, 3.63) is 40.6 Å². The lowest BCUT2D eigenvalue weighted by atomic mass is 9.89. The van der Waals surface area contributed by atoms with E-state index in [-0.39, 0.29) is 5.49 Å². The molecule has 1 aliphatic carbocycles. The lowest BCUT2D eigenvalue weighted by Gasteiger charge is -2.22. The molecule has 0 unspecified atom stereocenters. The van der Waals surface area contributed by atoms with Crippen molar-refractivity contribution < 1.29 is 0 Å². The zero-order chi connectivity index (χ0) is 18.1. The number of benzene rings is 1. The summed E-state index contributed by atoms with van der Waals surface area (Å²) < 4.78 is 2.10. The zero-order valence-electron chi connectivity index (χ0n) is 14.8. The SMILES string of the molecule is Cc1cc(Cl)cc(Sc2nc3c([nH]2)c(=N)ncn3CC2CCCCC2)c1. The monoisotopic (exact) mass is 387 g/mol. The van der Waals surface area contributed by atoms with Crippen LogP contribution in [0.15, 0.2) is 34.6 Å². The summed E-state index contributed by atoms with van der Waals surface area (Å²) in [6.45, 7) is 2.95. The van der Waals surface area contributed by atoms with Crippen LogP contribution in [0.25, 0.3) is 11.2 Å². The van der Waals surface area contributed by atoms with E-state index < -0.39 is 0 Å². The number of hydrogen-bond donors (Lipinski definition) is 2. The number of H-pyrrole nitrogens is 1. The molecule has 1 aliphatic rings. The summed E-state index contributed by atoms with van der Waals surface area (Å²) in [4.78, 5) is 13.3. The maximum Gasteiger partial charge on any atom is 0.173 e. The number of hydrogen-bond acceptors (Lipinski definition) is 4. The quantitative estimate of drug-likeness (QED) is 0.666. The minimum Gasteiger partial charge on any atom is -0.328 e. The summed E-state index contributed by atoms with van der Waals surface area (Å²) >= 11 is 7.70. The number of nitrogens with one attached hydrogen (secondary N) is 2. The van der Waals surface area contributed by atoms with E-state index in [2.05, 4.69) is 20.6 Å². The van der Waals surface area contributed by atoms with Crippen LogP contribution in [0.4, 0.5) is 0 Å². The van der Waals surface area contributed by atoms with Gasteiger partial charge in [-0.25, -0.2) is 9.97 Å². The molecule has 2 heterocycles. The molecule has 0 saturated heterocycles. The number of rotatable bonds is 4. The van der Waals surface area contributed by atoms with Crippen LogP contribution < -0.4 is 5.49 Å². The number of fused-ring (bicyclic) bond motifs is 1. The molecule has 136 valence electrons. The molecule has 0 spiro atoms. The van der Waals surface area contributed by atoms with Crippen LogP contribution in [0.2, 0.25) is 5.02 Å². The van der Waals surface area contributed by atoms with Crippen LogP contribution in [-0.2, 0) is 6.54 Å². The molecule has 1 aromatic carbocycles. The van der Waals surface area contributed by atoms with E-state index >= 15 is 0 Å². The Morgan fingerprint density at radius 1 is 1.27 bits per heavy atom. The third-order valence-corrected chi connectivity index (χ3v) is 5.98. The Bertz CT molecular complexity index is 967. The molecule has 5 nitrogen and oxygen atoms in total. The highest BCUT2D eigenvalue weighted by atomic mass is 35.5. The molecule has 0 bridgehead atoms. The Balaban J connectivity index is 1.65. The summed E-state index contributed by atoms with van der Waals surface area (Å²) in [5, 5.41) is 9.60. The molecule has 2 aromatic heterocycles. The van der Waals surface area contributed by atoms with Crippen LogP contribution in [0.3, 0.4) is 0 Å². The lowest BCUT2D eigenvalue weighted by Crippen LogP contribution is -2.18. The highest BCUT2D eigenvalue weighted by molar-refractivity contribution is 7.99. The average Bonchev–Trinajstić information content (AvgIpc) is 3.02. The molecular weight excluding hydrogens is 366 g/mol. The number of imidazole rings is 1. The largest absolute Gasteiger partial charge is 0.328 e. The first kappa shape index (κ1) is 17.6. The molecule has 3 aromatic rings. The summed E-state index contributed by atoms with van der Waals surface area (Å²) in [7, 11) is 0. The van der Waals surface area contributed by atoms with Crippen molar-refractivity contribution in [2.45, 2.75) is 55.6 Å². The van der Waals surface area contributed by atoms with Crippen LogP contribution in [0.1, 0.15) is 37.7 Å². The number of nitrogens with zero attached hydrogens (tertiary/aromatic N) is 3. The fourth-order valence-corrected chi connectivity index (χ4v) is 4.96. The molecule has 0 radical (unpaired) electrons. The normalized spacial score (nSPS) is 15.6. The van der Waals surface area contributed by atoms with Gasteiger partial charge in [-0.1, -0.05) is 42.6 Å². The first-order chi connectivity index (χ1) is 12.6. The highest BCUT2D eigenvalue weighted by Gasteiger charge is 2.17. The van der Waals surface area contributed by atoms with Crippen molar-refractivity contribution in [2.24, 2.45) is 5.92 Å². The Morgan fingerprint density at radius 3 is 2.85 bits per heavy atom. The number of halogens is 1. The van der Waals surface area contributed by atoms with Crippen LogP contribution >= 0.6 is 23.4 Å². The van der Waals surface area contributed by atoms with E-state index in [9.17, 15) is 0 Å². The van der Waals surface area contributed by atoms with Crippen molar-refractivity contribution in [1.82, 2.24) is 19.5 Å². The fourth-order valence-electron chi connectivity index (χ4n) is 3.67. The Hall–Kier alpha value is -1.79.